The van der Waals surface area contributed by atoms with E-state index in [1.807, 2.05) is 4.90 Å². The average molecular weight is 371 g/mol. The van der Waals surface area contributed by atoms with Crippen LogP contribution in [-0.4, -0.2) is 53.6 Å². The number of benzene rings is 1. The van der Waals surface area contributed by atoms with Crippen LogP contribution in [-0.2, 0) is 15.8 Å². The maximum Gasteiger partial charge on any atom is 0.416 e. The van der Waals surface area contributed by atoms with Gasteiger partial charge in [-0.05, 0) is 38.0 Å². The van der Waals surface area contributed by atoms with Crippen molar-refractivity contribution in [3.63, 3.8) is 0 Å². The predicted octanol–water partition coefficient (Wildman–Crippen LogP) is 1.84. The van der Waals surface area contributed by atoms with Gasteiger partial charge in [-0.15, -0.1) is 0 Å². The van der Waals surface area contributed by atoms with Crippen LogP contribution in [0.4, 0.5) is 24.5 Å². The van der Waals surface area contributed by atoms with E-state index < -0.39 is 23.7 Å². The molecule has 2 aliphatic rings. The quantitative estimate of drug-likeness (QED) is 0.832. The number of carbonyl (C=O) groups is 2. The maximum atomic E-state index is 12.9. The van der Waals surface area contributed by atoms with Gasteiger partial charge < -0.3 is 10.4 Å². The Balaban J connectivity index is 1.85. The number of rotatable bonds is 2. The largest absolute Gasteiger partial charge is 0.416 e. The number of fused-ring (bicyclic) bond motifs is 1. The molecule has 1 fully saturated rings. The summed E-state index contributed by atoms with van der Waals surface area (Å²) < 4.78 is 38.7. The maximum absolute atomic E-state index is 12.9. The number of amides is 2. The van der Waals surface area contributed by atoms with Crippen molar-refractivity contribution in [2.75, 3.05) is 29.9 Å². The minimum absolute atomic E-state index is 0.0225. The molecule has 0 bridgehead atoms. The van der Waals surface area contributed by atoms with Crippen molar-refractivity contribution < 1.29 is 27.9 Å². The molecule has 2 aliphatic heterocycles. The number of alkyl halides is 3. The zero-order chi connectivity index (χ0) is 19.1. The molecule has 0 unspecified atom stereocenters. The summed E-state index contributed by atoms with van der Waals surface area (Å²) in [6.45, 7) is 2.57. The van der Waals surface area contributed by atoms with Crippen LogP contribution < -0.4 is 10.2 Å². The van der Waals surface area contributed by atoms with Crippen LogP contribution >= 0.6 is 0 Å². The summed E-state index contributed by atoms with van der Waals surface area (Å²) in [5.74, 6) is -0.885. The number of hydrogen-bond acceptors (Lipinski definition) is 4. The van der Waals surface area contributed by atoms with Crippen molar-refractivity contribution >= 4 is 23.2 Å². The fourth-order valence-corrected chi connectivity index (χ4v) is 3.32. The van der Waals surface area contributed by atoms with Crippen molar-refractivity contribution in [1.82, 2.24) is 4.90 Å². The van der Waals surface area contributed by atoms with E-state index in [1.165, 1.54) is 11.0 Å². The van der Waals surface area contributed by atoms with Crippen molar-refractivity contribution in [3.8, 4) is 0 Å². The van der Waals surface area contributed by atoms with Crippen molar-refractivity contribution in [2.45, 2.75) is 38.1 Å². The molecule has 9 heteroatoms. The number of carbonyl (C=O) groups excluding carboxylic acids is 2. The third-order valence-electron chi connectivity index (χ3n) is 4.86. The molecule has 0 aromatic heterocycles. The Morgan fingerprint density at radius 1 is 1.31 bits per heavy atom. The molecule has 1 atom stereocenters. The second-order valence-corrected chi connectivity index (χ2v) is 6.65. The highest BCUT2D eigenvalue weighted by Crippen LogP contribution is 2.37. The van der Waals surface area contributed by atoms with Crippen LogP contribution in [0.3, 0.4) is 0 Å². The second-order valence-electron chi connectivity index (χ2n) is 6.65. The lowest BCUT2D eigenvalue weighted by molar-refractivity contribution is -0.137. The summed E-state index contributed by atoms with van der Waals surface area (Å²) in [4.78, 5) is 27.9. The molecule has 3 rings (SSSR count). The van der Waals surface area contributed by atoms with Gasteiger partial charge in [0.2, 0.25) is 11.8 Å². The number of nitrogens with one attached hydrogen (secondary N) is 1. The van der Waals surface area contributed by atoms with E-state index in [2.05, 4.69) is 5.32 Å². The molecular formula is C17H20F3N3O3. The Labute approximate surface area is 148 Å². The Bertz CT molecular complexity index is 715. The number of halogens is 3. The monoisotopic (exact) mass is 371 g/mol. The van der Waals surface area contributed by atoms with Crippen LogP contribution in [0.25, 0.3) is 0 Å². The van der Waals surface area contributed by atoms with Gasteiger partial charge in [0.25, 0.3) is 0 Å². The van der Waals surface area contributed by atoms with Gasteiger partial charge in [-0.1, -0.05) is 0 Å². The molecule has 2 amide bonds. The Morgan fingerprint density at radius 2 is 1.96 bits per heavy atom. The Hall–Kier alpha value is -2.13. The van der Waals surface area contributed by atoms with Crippen LogP contribution in [0.1, 0.15) is 25.3 Å². The van der Waals surface area contributed by atoms with E-state index in [4.69, 9.17) is 0 Å². The number of aliphatic hydroxyl groups excluding tert-OH is 1. The van der Waals surface area contributed by atoms with E-state index in [9.17, 15) is 27.9 Å². The van der Waals surface area contributed by atoms with Gasteiger partial charge in [0, 0.05) is 13.1 Å². The first-order valence-electron chi connectivity index (χ1n) is 8.41. The Morgan fingerprint density at radius 3 is 2.58 bits per heavy atom. The molecule has 0 aliphatic carbocycles. The smallest absolute Gasteiger partial charge is 0.393 e. The first-order valence-corrected chi connectivity index (χ1v) is 8.41. The highest BCUT2D eigenvalue weighted by Gasteiger charge is 2.36. The number of piperidine rings is 1. The summed E-state index contributed by atoms with van der Waals surface area (Å²) >= 11 is 0. The van der Waals surface area contributed by atoms with Crippen molar-refractivity contribution in [3.05, 3.63) is 23.8 Å². The summed E-state index contributed by atoms with van der Waals surface area (Å²) in [6.07, 6.45) is -3.79. The summed E-state index contributed by atoms with van der Waals surface area (Å²) in [7, 11) is 0. The fourth-order valence-electron chi connectivity index (χ4n) is 3.32. The second kappa shape index (κ2) is 6.88. The first-order chi connectivity index (χ1) is 12.2. The van der Waals surface area contributed by atoms with Crippen LogP contribution in [0.15, 0.2) is 18.2 Å². The standard InChI is InChI=1S/C17H20F3N3O3/c1-10(22-6-4-12(24)5-7-22)16(26)23-9-15(25)21-13-8-11(17(18,19)20)2-3-14(13)23/h2-3,8,10,12,24H,4-7,9H2,1H3,(H,21,25)/t10-/m1/s1. The molecule has 0 radical (unpaired) electrons. The predicted molar refractivity (Wildman–Crippen MR) is 88.7 cm³/mol. The zero-order valence-electron chi connectivity index (χ0n) is 14.2. The van der Waals surface area contributed by atoms with E-state index in [1.54, 1.807) is 6.92 Å². The normalized spacial score (nSPS) is 20.5. The number of hydrogen-bond donors (Lipinski definition) is 2. The lowest BCUT2D eigenvalue weighted by Gasteiger charge is -2.37. The molecular weight excluding hydrogens is 351 g/mol. The highest BCUT2D eigenvalue weighted by molar-refractivity contribution is 6.11. The zero-order valence-corrected chi connectivity index (χ0v) is 14.2. The first kappa shape index (κ1) is 18.7. The van der Waals surface area contributed by atoms with E-state index in [0.29, 0.717) is 25.9 Å². The molecule has 1 saturated heterocycles. The van der Waals surface area contributed by atoms with Crippen LogP contribution in [0, 0.1) is 0 Å². The molecule has 1 aromatic carbocycles. The van der Waals surface area contributed by atoms with E-state index in [-0.39, 0.29) is 29.9 Å². The number of likely N-dealkylation sites (tertiary alicyclic amines) is 1. The molecule has 142 valence electrons. The van der Waals surface area contributed by atoms with Gasteiger partial charge in [0.15, 0.2) is 0 Å². The third kappa shape index (κ3) is 3.68. The summed E-state index contributed by atoms with van der Waals surface area (Å²) in [5, 5.41) is 12.0. The molecule has 2 N–H and O–H groups in total. The van der Waals surface area contributed by atoms with Gasteiger partial charge in [-0.2, -0.15) is 13.2 Å². The minimum Gasteiger partial charge on any atom is -0.393 e. The molecule has 0 saturated carbocycles. The third-order valence-corrected chi connectivity index (χ3v) is 4.86. The molecule has 2 heterocycles. The highest BCUT2D eigenvalue weighted by atomic mass is 19.4. The van der Waals surface area contributed by atoms with E-state index >= 15 is 0 Å². The molecule has 1 aromatic rings. The Kier molecular flexibility index (Phi) is 4.94. The van der Waals surface area contributed by atoms with Gasteiger partial charge in [-0.3, -0.25) is 19.4 Å². The average Bonchev–Trinajstić information content (AvgIpc) is 2.59. The molecule has 0 spiro atoms. The van der Waals surface area contributed by atoms with Crippen LogP contribution in [0.2, 0.25) is 0 Å². The summed E-state index contributed by atoms with van der Waals surface area (Å²) in [5.41, 5.74) is -0.652. The van der Waals surface area contributed by atoms with Gasteiger partial charge >= 0.3 is 6.18 Å². The topological polar surface area (TPSA) is 72.9 Å². The lowest BCUT2D eigenvalue weighted by atomic mass is 10.0. The molecule has 26 heavy (non-hydrogen) atoms. The van der Waals surface area contributed by atoms with Crippen molar-refractivity contribution in [2.24, 2.45) is 0 Å². The van der Waals surface area contributed by atoms with Gasteiger partial charge in [0.05, 0.1) is 29.1 Å². The van der Waals surface area contributed by atoms with Crippen LogP contribution in [0.5, 0.6) is 0 Å². The fraction of sp³-hybridized carbons (Fsp3) is 0.529. The SMILES string of the molecule is C[C@H](C(=O)N1CC(=O)Nc2cc(C(F)(F)F)ccc21)N1CCC(O)CC1. The number of nitrogens with zero attached hydrogens (tertiary/aromatic N) is 2. The van der Waals surface area contributed by atoms with Gasteiger partial charge in [-0.25, -0.2) is 0 Å². The number of aliphatic hydroxyl groups is 1. The van der Waals surface area contributed by atoms with Crippen molar-refractivity contribution in [1.29, 1.82) is 0 Å². The lowest BCUT2D eigenvalue weighted by Crippen LogP contribution is -2.53. The summed E-state index contributed by atoms with van der Waals surface area (Å²) in [6, 6.07) is 2.42. The number of anilines is 2. The van der Waals surface area contributed by atoms with E-state index in [0.717, 1.165) is 12.1 Å². The van der Waals surface area contributed by atoms with Gasteiger partial charge in [0.1, 0.15) is 6.54 Å². The minimum atomic E-state index is -4.53. The molecule has 6 nitrogen and oxygen atoms in total.